The second-order valence-corrected chi connectivity index (χ2v) is 6.77. The van der Waals surface area contributed by atoms with Crippen LogP contribution in [-0.4, -0.2) is 41.5 Å². The van der Waals surface area contributed by atoms with Crippen molar-refractivity contribution in [1.29, 1.82) is 0 Å². The zero-order chi connectivity index (χ0) is 18.5. The second kappa shape index (κ2) is 8.27. The molecule has 138 valence electrons. The van der Waals surface area contributed by atoms with E-state index < -0.39 is 0 Å². The molecule has 1 N–H and O–H groups in total. The average Bonchev–Trinajstić information content (AvgIpc) is 3.06. The van der Waals surface area contributed by atoms with Crippen molar-refractivity contribution in [3.63, 3.8) is 0 Å². The van der Waals surface area contributed by atoms with E-state index >= 15 is 0 Å². The van der Waals surface area contributed by atoms with E-state index in [4.69, 9.17) is 4.74 Å². The molecule has 6 nitrogen and oxygen atoms in total. The predicted molar refractivity (Wildman–Crippen MR) is 99.9 cm³/mol. The summed E-state index contributed by atoms with van der Waals surface area (Å²) in [4.78, 5) is 23.7. The lowest BCUT2D eigenvalue weighted by atomic mass is 10.1. The van der Waals surface area contributed by atoms with Gasteiger partial charge >= 0.3 is 0 Å². The van der Waals surface area contributed by atoms with Crippen molar-refractivity contribution in [2.24, 2.45) is 0 Å². The number of carbonyl (C=O) groups excluding carboxylic acids is 1. The minimum Gasteiger partial charge on any atom is -0.497 e. The molecule has 1 fully saturated rings. The van der Waals surface area contributed by atoms with Gasteiger partial charge in [-0.15, -0.1) is 0 Å². The molecular weight excluding hydrogens is 328 g/mol. The van der Waals surface area contributed by atoms with Crippen molar-refractivity contribution in [2.45, 2.75) is 38.8 Å². The molecule has 2 aromatic rings. The standard InChI is InChI=1S/C20H26N4O2/c1-14-21-12-16(20(23-14)18-8-5-9-24(18)2)13-22-19(25)11-15-6-4-7-17(10-15)26-3/h4,6-7,10,12,18H,5,8-9,11,13H2,1-3H3,(H,22,25). The van der Waals surface area contributed by atoms with Crippen LogP contribution in [0.2, 0.25) is 0 Å². The molecule has 0 aliphatic carbocycles. The minimum atomic E-state index is -0.0236. The fourth-order valence-corrected chi connectivity index (χ4v) is 3.42. The Morgan fingerprint density at radius 3 is 3.00 bits per heavy atom. The van der Waals surface area contributed by atoms with Crippen LogP contribution in [0.25, 0.3) is 0 Å². The van der Waals surface area contributed by atoms with Crippen molar-refractivity contribution in [1.82, 2.24) is 20.2 Å². The third kappa shape index (κ3) is 4.38. The highest BCUT2D eigenvalue weighted by molar-refractivity contribution is 5.78. The maximum absolute atomic E-state index is 12.3. The van der Waals surface area contributed by atoms with Gasteiger partial charge in [-0.1, -0.05) is 12.1 Å². The number of hydrogen-bond donors (Lipinski definition) is 1. The van der Waals surface area contributed by atoms with Gasteiger partial charge in [0.2, 0.25) is 5.91 Å². The number of nitrogens with zero attached hydrogens (tertiary/aromatic N) is 3. The normalized spacial score (nSPS) is 17.3. The first-order chi connectivity index (χ1) is 12.6. The predicted octanol–water partition coefficient (Wildman–Crippen LogP) is 2.42. The maximum Gasteiger partial charge on any atom is 0.224 e. The third-order valence-electron chi connectivity index (χ3n) is 4.83. The van der Waals surface area contributed by atoms with Crippen LogP contribution in [0.4, 0.5) is 0 Å². The van der Waals surface area contributed by atoms with Crippen LogP contribution in [0.1, 0.15) is 41.5 Å². The summed E-state index contributed by atoms with van der Waals surface area (Å²) in [6.07, 6.45) is 4.43. The van der Waals surface area contributed by atoms with Crippen LogP contribution in [0.5, 0.6) is 5.75 Å². The molecule has 1 aromatic carbocycles. The van der Waals surface area contributed by atoms with Gasteiger partial charge in [0.05, 0.1) is 25.3 Å². The molecule has 0 bridgehead atoms. The highest BCUT2D eigenvalue weighted by atomic mass is 16.5. The Kier molecular flexibility index (Phi) is 5.83. The van der Waals surface area contributed by atoms with Gasteiger partial charge in [-0.3, -0.25) is 9.69 Å². The van der Waals surface area contributed by atoms with Gasteiger partial charge in [-0.05, 0) is 51.1 Å². The molecule has 6 heteroatoms. The Morgan fingerprint density at radius 2 is 2.27 bits per heavy atom. The summed E-state index contributed by atoms with van der Waals surface area (Å²) in [7, 11) is 3.75. The van der Waals surface area contributed by atoms with Gasteiger partial charge in [-0.2, -0.15) is 0 Å². The topological polar surface area (TPSA) is 67.3 Å². The van der Waals surface area contributed by atoms with Crippen LogP contribution in [-0.2, 0) is 17.8 Å². The first-order valence-electron chi connectivity index (χ1n) is 8.99. The van der Waals surface area contributed by atoms with E-state index in [0.717, 1.165) is 41.4 Å². The smallest absolute Gasteiger partial charge is 0.224 e. The van der Waals surface area contributed by atoms with Gasteiger partial charge in [-0.25, -0.2) is 9.97 Å². The molecule has 1 unspecified atom stereocenters. The summed E-state index contributed by atoms with van der Waals surface area (Å²) < 4.78 is 5.21. The SMILES string of the molecule is COc1cccc(CC(=O)NCc2cnc(C)nc2C2CCCN2C)c1. The highest BCUT2D eigenvalue weighted by Gasteiger charge is 2.26. The summed E-state index contributed by atoms with van der Waals surface area (Å²) in [6.45, 7) is 3.43. The van der Waals surface area contributed by atoms with Crippen LogP contribution in [0.3, 0.4) is 0 Å². The van der Waals surface area contributed by atoms with E-state index in [1.807, 2.05) is 37.4 Å². The van der Waals surface area contributed by atoms with Gasteiger partial charge in [0.15, 0.2) is 0 Å². The zero-order valence-corrected chi connectivity index (χ0v) is 15.7. The van der Waals surface area contributed by atoms with Crippen molar-refractivity contribution in [3.8, 4) is 5.75 Å². The van der Waals surface area contributed by atoms with Crippen molar-refractivity contribution >= 4 is 5.91 Å². The summed E-state index contributed by atoms with van der Waals surface area (Å²) in [5.41, 5.74) is 2.96. The number of nitrogens with one attached hydrogen (secondary N) is 1. The van der Waals surface area contributed by atoms with E-state index in [0.29, 0.717) is 19.0 Å². The van der Waals surface area contributed by atoms with Crippen LogP contribution >= 0.6 is 0 Å². The molecule has 1 aliphatic rings. The van der Waals surface area contributed by atoms with Gasteiger partial charge in [0.25, 0.3) is 0 Å². The van der Waals surface area contributed by atoms with Crippen molar-refractivity contribution in [2.75, 3.05) is 20.7 Å². The maximum atomic E-state index is 12.3. The highest BCUT2D eigenvalue weighted by Crippen LogP contribution is 2.31. The number of ether oxygens (including phenoxy) is 1. The van der Waals surface area contributed by atoms with E-state index in [9.17, 15) is 4.79 Å². The molecule has 0 saturated carbocycles. The molecule has 0 radical (unpaired) electrons. The second-order valence-electron chi connectivity index (χ2n) is 6.77. The lowest BCUT2D eigenvalue weighted by molar-refractivity contribution is -0.120. The molecule has 1 saturated heterocycles. The summed E-state index contributed by atoms with van der Waals surface area (Å²) in [5, 5.41) is 3.00. The minimum absolute atomic E-state index is 0.0236. The number of carbonyl (C=O) groups is 1. The third-order valence-corrected chi connectivity index (χ3v) is 4.83. The number of aromatic nitrogens is 2. The van der Waals surface area contributed by atoms with Crippen molar-refractivity contribution < 1.29 is 9.53 Å². The number of methoxy groups -OCH3 is 1. The van der Waals surface area contributed by atoms with Crippen LogP contribution in [0.15, 0.2) is 30.5 Å². The molecule has 26 heavy (non-hydrogen) atoms. The first-order valence-corrected chi connectivity index (χ1v) is 8.99. The number of rotatable bonds is 6. The Labute approximate surface area is 154 Å². The first kappa shape index (κ1) is 18.3. The Hall–Kier alpha value is -2.47. The van der Waals surface area contributed by atoms with Gasteiger partial charge in [0, 0.05) is 18.3 Å². The molecule has 3 rings (SSSR count). The zero-order valence-electron chi connectivity index (χ0n) is 15.7. The largest absolute Gasteiger partial charge is 0.497 e. The monoisotopic (exact) mass is 354 g/mol. The summed E-state index contributed by atoms with van der Waals surface area (Å²) in [6, 6.07) is 7.88. The molecular formula is C20H26N4O2. The average molecular weight is 354 g/mol. The number of amides is 1. The van der Waals surface area contributed by atoms with E-state index in [1.54, 1.807) is 7.11 Å². The molecule has 1 amide bonds. The summed E-state index contributed by atoms with van der Waals surface area (Å²) >= 11 is 0. The molecule has 1 atom stereocenters. The molecule has 1 aromatic heterocycles. The number of hydrogen-bond acceptors (Lipinski definition) is 5. The quantitative estimate of drug-likeness (QED) is 0.863. The lowest BCUT2D eigenvalue weighted by Crippen LogP contribution is -2.27. The van der Waals surface area contributed by atoms with E-state index in [2.05, 4.69) is 27.2 Å². The van der Waals surface area contributed by atoms with Crippen LogP contribution < -0.4 is 10.1 Å². The van der Waals surface area contributed by atoms with E-state index in [-0.39, 0.29) is 5.91 Å². The molecule has 0 spiro atoms. The van der Waals surface area contributed by atoms with Gasteiger partial charge < -0.3 is 10.1 Å². The Balaban J connectivity index is 1.66. The fourth-order valence-electron chi connectivity index (χ4n) is 3.42. The number of likely N-dealkylation sites (tertiary alicyclic amines) is 1. The molecule has 2 heterocycles. The Morgan fingerprint density at radius 1 is 1.42 bits per heavy atom. The molecule has 1 aliphatic heterocycles. The van der Waals surface area contributed by atoms with Gasteiger partial charge in [0.1, 0.15) is 11.6 Å². The summed E-state index contributed by atoms with van der Waals surface area (Å²) in [5.74, 6) is 1.50. The van der Waals surface area contributed by atoms with E-state index in [1.165, 1.54) is 6.42 Å². The number of benzene rings is 1. The Bertz CT molecular complexity index is 778. The van der Waals surface area contributed by atoms with Crippen molar-refractivity contribution in [3.05, 3.63) is 53.1 Å². The van der Waals surface area contributed by atoms with Crippen LogP contribution in [0, 0.1) is 6.92 Å². The number of aryl methyl sites for hydroxylation is 1. The fraction of sp³-hybridized carbons (Fsp3) is 0.450. The lowest BCUT2D eigenvalue weighted by Gasteiger charge is -2.21.